The molecule has 2 aromatic carbocycles. The highest BCUT2D eigenvalue weighted by molar-refractivity contribution is 5.87. The number of anilines is 2. The Labute approximate surface area is 167 Å². The fraction of sp³-hybridized carbons (Fsp3) is 0.190. The molecule has 0 atom stereocenters. The molecule has 0 fully saturated rings. The van der Waals surface area contributed by atoms with Crippen LogP contribution in [0.2, 0.25) is 0 Å². The second kappa shape index (κ2) is 6.97. The van der Waals surface area contributed by atoms with Gasteiger partial charge in [0, 0.05) is 32.4 Å². The minimum absolute atomic E-state index is 0.164. The zero-order valence-corrected chi connectivity index (χ0v) is 16.7. The number of nitrogens with two attached hydrogens (primary N) is 1. The summed E-state index contributed by atoms with van der Waals surface area (Å²) in [6.45, 7) is 0. The van der Waals surface area contributed by atoms with E-state index in [1.165, 1.54) is 4.68 Å². The summed E-state index contributed by atoms with van der Waals surface area (Å²) >= 11 is 0. The van der Waals surface area contributed by atoms with Crippen LogP contribution in [0.1, 0.15) is 0 Å². The van der Waals surface area contributed by atoms with Crippen molar-refractivity contribution >= 4 is 22.5 Å². The minimum Gasteiger partial charge on any atom is -0.497 e. The molecule has 2 N–H and O–H groups in total. The number of rotatable bonds is 4. The average molecular weight is 390 g/mol. The van der Waals surface area contributed by atoms with E-state index in [0.29, 0.717) is 28.3 Å². The van der Waals surface area contributed by atoms with E-state index in [0.717, 1.165) is 11.3 Å². The Balaban J connectivity index is 2.03. The van der Waals surface area contributed by atoms with Gasteiger partial charge in [-0.05, 0) is 48.5 Å². The molecule has 8 heteroatoms. The maximum atomic E-state index is 13.4. The average Bonchev–Trinajstić information content (AvgIpc) is 3.01. The molecule has 0 bridgehead atoms. The molecule has 0 aliphatic carbocycles. The lowest BCUT2D eigenvalue weighted by atomic mass is 10.1. The first kappa shape index (κ1) is 18.5. The van der Waals surface area contributed by atoms with Gasteiger partial charge in [0.1, 0.15) is 17.0 Å². The van der Waals surface area contributed by atoms with Crippen LogP contribution in [-0.4, -0.2) is 40.5 Å². The zero-order chi connectivity index (χ0) is 20.7. The summed E-state index contributed by atoms with van der Waals surface area (Å²) in [6.07, 6.45) is 0. The largest absolute Gasteiger partial charge is 0.497 e. The fourth-order valence-electron chi connectivity index (χ4n) is 3.30. The van der Waals surface area contributed by atoms with Gasteiger partial charge in [0.2, 0.25) is 0 Å². The maximum absolute atomic E-state index is 13.4. The molecule has 4 aromatic rings. The van der Waals surface area contributed by atoms with Crippen molar-refractivity contribution in [3.63, 3.8) is 0 Å². The monoisotopic (exact) mass is 390 g/mol. The topological polar surface area (TPSA) is 91.2 Å². The first-order valence-electron chi connectivity index (χ1n) is 9.08. The highest BCUT2D eigenvalue weighted by Crippen LogP contribution is 2.26. The van der Waals surface area contributed by atoms with E-state index in [1.807, 2.05) is 55.4 Å². The summed E-state index contributed by atoms with van der Waals surface area (Å²) in [7, 11) is 7.28. The lowest BCUT2D eigenvalue weighted by molar-refractivity contribution is 0.414. The van der Waals surface area contributed by atoms with Crippen molar-refractivity contribution in [2.75, 3.05) is 31.8 Å². The lowest BCUT2D eigenvalue weighted by Crippen LogP contribution is -2.22. The number of methoxy groups -OCH3 is 1. The van der Waals surface area contributed by atoms with E-state index in [2.05, 4.69) is 5.10 Å². The predicted molar refractivity (Wildman–Crippen MR) is 115 cm³/mol. The molecule has 0 aliphatic heterocycles. The minimum atomic E-state index is -0.266. The quantitative estimate of drug-likeness (QED) is 0.576. The number of benzene rings is 2. The van der Waals surface area contributed by atoms with Crippen molar-refractivity contribution in [3.8, 4) is 22.8 Å². The van der Waals surface area contributed by atoms with Crippen LogP contribution >= 0.6 is 0 Å². The Morgan fingerprint density at radius 3 is 2.28 bits per heavy atom. The first-order valence-corrected chi connectivity index (χ1v) is 9.08. The Morgan fingerprint density at radius 2 is 1.69 bits per heavy atom. The molecule has 4 rings (SSSR count). The molecule has 0 amide bonds. The number of hydrogen-bond donors (Lipinski definition) is 1. The van der Waals surface area contributed by atoms with E-state index in [1.54, 1.807) is 30.9 Å². The summed E-state index contributed by atoms with van der Waals surface area (Å²) in [5.74, 6) is 1.38. The van der Waals surface area contributed by atoms with Gasteiger partial charge in [-0.2, -0.15) is 5.10 Å². The molecule has 0 radical (unpaired) electrons. The van der Waals surface area contributed by atoms with Crippen molar-refractivity contribution in [2.45, 2.75) is 0 Å². The molecule has 29 heavy (non-hydrogen) atoms. The maximum Gasteiger partial charge on any atom is 0.271 e. The summed E-state index contributed by atoms with van der Waals surface area (Å²) < 4.78 is 8.33. The van der Waals surface area contributed by atoms with Crippen LogP contribution in [0.3, 0.4) is 0 Å². The van der Waals surface area contributed by atoms with Gasteiger partial charge in [-0.1, -0.05) is 0 Å². The molecule has 0 unspecified atom stereocenters. The normalized spacial score (nSPS) is 11.0. The van der Waals surface area contributed by atoms with Crippen LogP contribution in [0.25, 0.3) is 28.1 Å². The summed E-state index contributed by atoms with van der Waals surface area (Å²) in [6, 6.07) is 15.1. The second-order valence-corrected chi connectivity index (χ2v) is 6.92. The molecule has 2 heterocycles. The number of aryl methyl sites for hydroxylation is 1. The zero-order valence-electron chi connectivity index (χ0n) is 16.7. The van der Waals surface area contributed by atoms with Crippen LogP contribution < -0.4 is 20.9 Å². The van der Waals surface area contributed by atoms with Crippen molar-refractivity contribution < 1.29 is 4.74 Å². The van der Waals surface area contributed by atoms with E-state index in [9.17, 15) is 4.79 Å². The Morgan fingerprint density at radius 1 is 1.03 bits per heavy atom. The van der Waals surface area contributed by atoms with Gasteiger partial charge in [0.15, 0.2) is 11.5 Å². The Bertz CT molecular complexity index is 1240. The number of aromatic nitrogens is 4. The predicted octanol–water partition coefficient (Wildman–Crippen LogP) is 2.44. The van der Waals surface area contributed by atoms with Gasteiger partial charge in [-0.25, -0.2) is 9.67 Å². The van der Waals surface area contributed by atoms with Crippen LogP contribution in [0.4, 0.5) is 11.5 Å². The van der Waals surface area contributed by atoms with Gasteiger partial charge in [-0.15, -0.1) is 0 Å². The van der Waals surface area contributed by atoms with Crippen molar-refractivity contribution in [3.05, 3.63) is 58.9 Å². The standard InChI is InChI=1S/C21H22N6O2/c1-25(2)14-7-5-13(6-8-14)19-23-20-17(18(22)24-26(20)3)21(28)27(19)15-9-11-16(29-4)12-10-15/h5-12H,1-4H3,(H2,22,24). The molecule has 2 aromatic heterocycles. The molecule has 0 spiro atoms. The van der Waals surface area contributed by atoms with E-state index in [4.69, 9.17) is 15.5 Å². The number of nitrogen functional groups attached to an aromatic ring is 1. The molecule has 8 nitrogen and oxygen atoms in total. The molecule has 0 saturated carbocycles. The summed E-state index contributed by atoms with van der Waals surface area (Å²) in [4.78, 5) is 20.2. The van der Waals surface area contributed by atoms with Gasteiger partial charge in [0.05, 0.1) is 12.8 Å². The SMILES string of the molecule is COc1ccc(-n2c(-c3ccc(N(C)C)cc3)nc3c(c(N)nn3C)c2=O)cc1. The lowest BCUT2D eigenvalue weighted by Gasteiger charge is -2.15. The molecular formula is C21H22N6O2. The van der Waals surface area contributed by atoms with E-state index < -0.39 is 0 Å². The van der Waals surface area contributed by atoms with Crippen molar-refractivity contribution in [1.29, 1.82) is 0 Å². The molecule has 148 valence electrons. The van der Waals surface area contributed by atoms with Gasteiger partial charge < -0.3 is 15.4 Å². The third-order valence-corrected chi connectivity index (χ3v) is 4.86. The number of fused-ring (bicyclic) bond motifs is 1. The second-order valence-electron chi connectivity index (χ2n) is 6.92. The van der Waals surface area contributed by atoms with E-state index >= 15 is 0 Å². The third kappa shape index (κ3) is 3.08. The van der Waals surface area contributed by atoms with E-state index in [-0.39, 0.29) is 11.4 Å². The van der Waals surface area contributed by atoms with Crippen molar-refractivity contribution in [1.82, 2.24) is 19.3 Å². The fourth-order valence-corrected chi connectivity index (χ4v) is 3.30. The summed E-state index contributed by atoms with van der Waals surface area (Å²) in [5.41, 5.74) is 8.71. The molecule has 0 aliphatic rings. The number of nitrogens with zero attached hydrogens (tertiary/aromatic N) is 5. The summed E-state index contributed by atoms with van der Waals surface area (Å²) in [5, 5.41) is 4.48. The highest BCUT2D eigenvalue weighted by atomic mass is 16.5. The number of ether oxygens (including phenoxy) is 1. The van der Waals surface area contributed by atoms with Crippen LogP contribution in [0.15, 0.2) is 53.3 Å². The Kier molecular flexibility index (Phi) is 4.46. The van der Waals surface area contributed by atoms with Crippen LogP contribution in [-0.2, 0) is 7.05 Å². The molecular weight excluding hydrogens is 368 g/mol. The first-order chi connectivity index (χ1) is 13.9. The van der Waals surface area contributed by atoms with Gasteiger partial charge in [-0.3, -0.25) is 9.36 Å². The number of hydrogen-bond acceptors (Lipinski definition) is 6. The van der Waals surface area contributed by atoms with Crippen LogP contribution in [0, 0.1) is 0 Å². The van der Waals surface area contributed by atoms with Gasteiger partial charge >= 0.3 is 0 Å². The van der Waals surface area contributed by atoms with Gasteiger partial charge in [0.25, 0.3) is 5.56 Å². The Hall–Kier alpha value is -3.81. The smallest absolute Gasteiger partial charge is 0.271 e. The molecule has 0 saturated heterocycles. The van der Waals surface area contributed by atoms with Crippen molar-refractivity contribution in [2.24, 2.45) is 7.05 Å². The third-order valence-electron chi connectivity index (χ3n) is 4.86. The highest BCUT2D eigenvalue weighted by Gasteiger charge is 2.20. The van der Waals surface area contributed by atoms with Crippen LogP contribution in [0.5, 0.6) is 5.75 Å².